The lowest BCUT2D eigenvalue weighted by molar-refractivity contribution is -0.126. The molecule has 1 amide bonds. The monoisotopic (exact) mass is 356 g/mol. The summed E-state index contributed by atoms with van der Waals surface area (Å²) in [4.78, 5) is 24.5. The lowest BCUT2D eigenvalue weighted by Crippen LogP contribution is -2.41. The molecule has 0 saturated carbocycles. The van der Waals surface area contributed by atoms with E-state index in [0.717, 1.165) is 37.4 Å². The zero-order valence-corrected chi connectivity index (χ0v) is 15.5. The number of amides is 1. The standard InChI is InChI=1S/C19H24N4OS/c1-14(15-4-6-17(25-2)7-5-15)22-18(24)16-8-12-23(13-9-16)19-20-10-3-11-21-19/h3-7,10-11,14,16H,8-9,12-13H2,1-2H3,(H,22,24)/t14-/m1/s1. The van der Waals surface area contributed by atoms with Gasteiger partial charge in [-0.25, -0.2) is 9.97 Å². The Balaban J connectivity index is 1.52. The van der Waals surface area contributed by atoms with Crippen molar-refractivity contribution in [2.45, 2.75) is 30.7 Å². The van der Waals surface area contributed by atoms with E-state index < -0.39 is 0 Å². The topological polar surface area (TPSA) is 58.1 Å². The van der Waals surface area contributed by atoms with E-state index in [2.05, 4.69) is 50.7 Å². The van der Waals surface area contributed by atoms with Crippen molar-refractivity contribution < 1.29 is 4.79 Å². The highest BCUT2D eigenvalue weighted by Gasteiger charge is 2.26. The summed E-state index contributed by atoms with van der Waals surface area (Å²) in [5.74, 6) is 0.964. The second kappa shape index (κ2) is 8.34. The summed E-state index contributed by atoms with van der Waals surface area (Å²) in [6, 6.07) is 10.2. The highest BCUT2D eigenvalue weighted by molar-refractivity contribution is 7.98. The van der Waals surface area contributed by atoms with Gasteiger partial charge in [0.25, 0.3) is 0 Å². The van der Waals surface area contributed by atoms with Gasteiger partial charge in [0.15, 0.2) is 0 Å². The van der Waals surface area contributed by atoms with Crippen LogP contribution in [-0.4, -0.2) is 35.2 Å². The molecule has 132 valence electrons. The van der Waals surface area contributed by atoms with Crippen LogP contribution in [0.1, 0.15) is 31.4 Å². The molecule has 1 aliphatic heterocycles. The van der Waals surface area contributed by atoms with Crippen LogP contribution in [-0.2, 0) is 4.79 Å². The van der Waals surface area contributed by atoms with Crippen molar-refractivity contribution >= 4 is 23.6 Å². The molecule has 0 unspecified atom stereocenters. The van der Waals surface area contributed by atoms with Gasteiger partial charge in [-0.2, -0.15) is 0 Å². The molecule has 5 nitrogen and oxygen atoms in total. The van der Waals surface area contributed by atoms with E-state index in [1.165, 1.54) is 4.90 Å². The fourth-order valence-corrected chi connectivity index (χ4v) is 3.51. The first kappa shape index (κ1) is 17.7. The Labute approximate surface area is 153 Å². The van der Waals surface area contributed by atoms with Crippen LogP contribution in [0, 0.1) is 5.92 Å². The number of anilines is 1. The van der Waals surface area contributed by atoms with Crippen molar-refractivity contribution in [2.75, 3.05) is 24.2 Å². The normalized spacial score (nSPS) is 16.5. The second-order valence-corrected chi connectivity index (χ2v) is 7.19. The minimum atomic E-state index is 0.0268. The Bertz CT molecular complexity index is 684. The van der Waals surface area contributed by atoms with Crippen LogP contribution in [0.4, 0.5) is 5.95 Å². The van der Waals surface area contributed by atoms with Crippen molar-refractivity contribution in [1.82, 2.24) is 15.3 Å². The summed E-state index contributed by atoms with van der Waals surface area (Å²) in [6.45, 7) is 3.68. The Hall–Kier alpha value is -2.08. The largest absolute Gasteiger partial charge is 0.349 e. The van der Waals surface area contributed by atoms with E-state index in [1.807, 2.05) is 13.0 Å². The quantitative estimate of drug-likeness (QED) is 0.833. The predicted octanol–water partition coefficient (Wildman–Crippen LogP) is 3.29. The van der Waals surface area contributed by atoms with Crippen molar-refractivity contribution in [3.63, 3.8) is 0 Å². The number of hydrogen-bond donors (Lipinski definition) is 1. The van der Waals surface area contributed by atoms with Crippen LogP contribution < -0.4 is 10.2 Å². The summed E-state index contributed by atoms with van der Waals surface area (Å²) in [7, 11) is 0. The number of nitrogens with zero attached hydrogens (tertiary/aromatic N) is 3. The Morgan fingerprint density at radius 2 is 1.84 bits per heavy atom. The molecule has 1 aliphatic rings. The van der Waals surface area contributed by atoms with E-state index >= 15 is 0 Å². The molecule has 0 spiro atoms. The van der Waals surface area contributed by atoms with Crippen LogP contribution in [0.2, 0.25) is 0 Å². The second-order valence-electron chi connectivity index (χ2n) is 6.31. The molecule has 1 N–H and O–H groups in total. The number of aromatic nitrogens is 2. The van der Waals surface area contributed by atoms with Crippen molar-refractivity contribution in [1.29, 1.82) is 0 Å². The number of piperidine rings is 1. The van der Waals surface area contributed by atoms with E-state index in [0.29, 0.717) is 0 Å². The van der Waals surface area contributed by atoms with Crippen molar-refractivity contribution in [3.8, 4) is 0 Å². The van der Waals surface area contributed by atoms with Crippen LogP contribution in [0.3, 0.4) is 0 Å². The molecule has 2 aromatic rings. The van der Waals surface area contributed by atoms with E-state index in [4.69, 9.17) is 0 Å². The predicted molar refractivity (Wildman–Crippen MR) is 102 cm³/mol. The minimum absolute atomic E-state index is 0.0268. The number of thioether (sulfide) groups is 1. The Kier molecular flexibility index (Phi) is 5.91. The first-order chi connectivity index (χ1) is 12.2. The molecule has 3 rings (SSSR count). The number of nitrogens with one attached hydrogen (secondary N) is 1. The van der Waals surface area contributed by atoms with E-state index in [9.17, 15) is 4.79 Å². The fourth-order valence-electron chi connectivity index (χ4n) is 3.10. The number of carbonyl (C=O) groups excluding carboxylic acids is 1. The molecule has 1 saturated heterocycles. The molecule has 0 aliphatic carbocycles. The number of carbonyl (C=O) groups is 1. The van der Waals surface area contributed by atoms with Gasteiger partial charge in [0.05, 0.1) is 6.04 Å². The molecule has 1 fully saturated rings. The molecule has 6 heteroatoms. The Morgan fingerprint density at radius 3 is 2.44 bits per heavy atom. The first-order valence-electron chi connectivity index (χ1n) is 8.63. The maximum atomic E-state index is 12.6. The van der Waals surface area contributed by atoms with Crippen LogP contribution in [0.5, 0.6) is 0 Å². The maximum absolute atomic E-state index is 12.6. The van der Waals surface area contributed by atoms with E-state index in [1.54, 1.807) is 24.2 Å². The zero-order chi connectivity index (χ0) is 17.6. The van der Waals surface area contributed by atoms with Gasteiger partial charge in [-0.1, -0.05) is 12.1 Å². The summed E-state index contributed by atoms with van der Waals surface area (Å²) in [5, 5.41) is 3.16. The third-order valence-corrected chi connectivity index (χ3v) is 5.42. The van der Waals surface area contributed by atoms with Crippen molar-refractivity contribution in [2.24, 2.45) is 5.92 Å². The molecule has 1 aromatic heterocycles. The third-order valence-electron chi connectivity index (χ3n) is 4.68. The molecule has 1 atom stereocenters. The maximum Gasteiger partial charge on any atom is 0.225 e. The van der Waals surface area contributed by atoms with Gasteiger partial charge in [0, 0.05) is 36.3 Å². The highest BCUT2D eigenvalue weighted by Crippen LogP contribution is 2.23. The van der Waals surface area contributed by atoms with Crippen LogP contribution >= 0.6 is 11.8 Å². The third kappa shape index (κ3) is 4.51. The average molecular weight is 356 g/mol. The van der Waals surface area contributed by atoms with Gasteiger partial charge in [0.1, 0.15) is 0 Å². The average Bonchev–Trinajstić information content (AvgIpc) is 2.68. The summed E-state index contributed by atoms with van der Waals surface area (Å²) in [6.07, 6.45) is 7.24. The molecule has 1 aromatic carbocycles. The van der Waals surface area contributed by atoms with Gasteiger partial charge >= 0.3 is 0 Å². The minimum Gasteiger partial charge on any atom is -0.349 e. The lowest BCUT2D eigenvalue weighted by Gasteiger charge is -2.31. The van der Waals surface area contributed by atoms with Crippen molar-refractivity contribution in [3.05, 3.63) is 48.3 Å². The van der Waals surface area contributed by atoms with Gasteiger partial charge in [-0.3, -0.25) is 4.79 Å². The van der Waals surface area contributed by atoms with Gasteiger partial charge in [-0.05, 0) is 49.8 Å². The van der Waals surface area contributed by atoms with Gasteiger partial charge in [0.2, 0.25) is 11.9 Å². The SMILES string of the molecule is CSc1ccc([C@@H](C)NC(=O)C2CCN(c3ncccn3)CC2)cc1. The molecule has 25 heavy (non-hydrogen) atoms. The smallest absolute Gasteiger partial charge is 0.225 e. The molecule has 0 bridgehead atoms. The first-order valence-corrected chi connectivity index (χ1v) is 9.86. The molecular formula is C19H24N4OS. The van der Waals surface area contributed by atoms with Crippen LogP contribution in [0.15, 0.2) is 47.6 Å². The van der Waals surface area contributed by atoms with Gasteiger partial charge < -0.3 is 10.2 Å². The number of benzene rings is 1. The number of rotatable bonds is 5. The molecule has 0 radical (unpaired) electrons. The highest BCUT2D eigenvalue weighted by atomic mass is 32.2. The van der Waals surface area contributed by atoms with Crippen LogP contribution in [0.25, 0.3) is 0 Å². The summed E-state index contributed by atoms with van der Waals surface area (Å²) in [5.41, 5.74) is 1.14. The summed E-state index contributed by atoms with van der Waals surface area (Å²) < 4.78 is 0. The molecular weight excluding hydrogens is 332 g/mol. The summed E-state index contributed by atoms with van der Waals surface area (Å²) >= 11 is 1.72. The lowest BCUT2D eigenvalue weighted by atomic mass is 9.95. The number of hydrogen-bond acceptors (Lipinski definition) is 5. The Morgan fingerprint density at radius 1 is 1.20 bits per heavy atom. The zero-order valence-electron chi connectivity index (χ0n) is 14.7. The fraction of sp³-hybridized carbons (Fsp3) is 0.421. The molecule has 2 heterocycles. The van der Waals surface area contributed by atoms with Gasteiger partial charge in [-0.15, -0.1) is 11.8 Å². The van der Waals surface area contributed by atoms with E-state index in [-0.39, 0.29) is 17.9 Å².